The predicted octanol–water partition coefficient (Wildman–Crippen LogP) is 5.96. The molecule has 5 nitrogen and oxygen atoms in total. The molecule has 1 heterocycles. The summed E-state index contributed by atoms with van der Waals surface area (Å²) < 4.78 is 0. The molecular formula is C26H33N3O2S. The maximum atomic E-state index is 12.7. The lowest BCUT2D eigenvalue weighted by Gasteiger charge is -2.50. The number of hydrogen-bond acceptors (Lipinski definition) is 5. The van der Waals surface area contributed by atoms with Gasteiger partial charge in [0.05, 0.1) is 5.71 Å². The van der Waals surface area contributed by atoms with Crippen LogP contribution in [-0.2, 0) is 16.1 Å². The number of nitrogens with one attached hydrogen (secondary N) is 1. The lowest BCUT2D eigenvalue weighted by molar-refractivity contribution is -0.116. The third-order valence-corrected chi connectivity index (χ3v) is 9.15. The molecular weight excluding hydrogens is 418 g/mol. The molecule has 5 atom stereocenters. The second-order valence-electron chi connectivity index (χ2n) is 10.0. The van der Waals surface area contributed by atoms with Gasteiger partial charge in [-0.15, -0.1) is 11.3 Å². The van der Waals surface area contributed by atoms with Gasteiger partial charge in [-0.3, -0.25) is 4.79 Å². The summed E-state index contributed by atoms with van der Waals surface area (Å²) in [4.78, 5) is 23.3. The van der Waals surface area contributed by atoms with Crippen molar-refractivity contribution in [1.29, 1.82) is 0 Å². The van der Waals surface area contributed by atoms with E-state index >= 15 is 0 Å². The minimum absolute atomic E-state index is 0.0690. The van der Waals surface area contributed by atoms with E-state index in [-0.39, 0.29) is 11.3 Å². The van der Waals surface area contributed by atoms with E-state index in [4.69, 9.17) is 4.84 Å². The van der Waals surface area contributed by atoms with Gasteiger partial charge in [0.15, 0.2) is 5.13 Å². The average molecular weight is 452 g/mol. The molecule has 6 heteroatoms. The van der Waals surface area contributed by atoms with Crippen molar-refractivity contribution < 1.29 is 9.63 Å². The Morgan fingerprint density at radius 1 is 1.34 bits per heavy atom. The molecule has 32 heavy (non-hydrogen) atoms. The number of benzene rings is 1. The van der Waals surface area contributed by atoms with Crippen LogP contribution in [0.1, 0.15) is 67.4 Å². The largest absolute Gasteiger partial charge is 0.399 e. The maximum absolute atomic E-state index is 12.7. The molecule has 3 aliphatic rings. The van der Waals surface area contributed by atoms with E-state index in [9.17, 15) is 4.79 Å². The van der Waals surface area contributed by atoms with E-state index in [0.29, 0.717) is 35.2 Å². The lowest BCUT2D eigenvalue weighted by Crippen LogP contribution is -2.44. The second-order valence-corrected chi connectivity index (χ2v) is 11.3. The molecule has 0 saturated heterocycles. The summed E-state index contributed by atoms with van der Waals surface area (Å²) in [5.74, 6) is 2.38. The van der Waals surface area contributed by atoms with Crippen LogP contribution in [-0.4, -0.2) is 23.7 Å². The first-order valence-corrected chi connectivity index (χ1v) is 12.7. The minimum Gasteiger partial charge on any atom is -0.399 e. The smallest absolute Gasteiger partial charge is 0.226 e. The number of anilines is 1. The molecule has 2 fully saturated rings. The Hall–Kier alpha value is -2.21. The first-order valence-electron chi connectivity index (χ1n) is 11.9. The van der Waals surface area contributed by atoms with Gasteiger partial charge in [0.25, 0.3) is 0 Å². The highest BCUT2D eigenvalue weighted by molar-refractivity contribution is 7.15. The van der Waals surface area contributed by atoms with Gasteiger partial charge in [0.2, 0.25) is 5.91 Å². The highest BCUT2D eigenvalue weighted by atomic mass is 32.1. The third-order valence-electron chi connectivity index (χ3n) is 8.32. The number of thiazole rings is 1. The molecule has 1 aromatic heterocycles. The fourth-order valence-corrected chi connectivity index (χ4v) is 7.71. The predicted molar refractivity (Wildman–Crippen MR) is 129 cm³/mol. The van der Waals surface area contributed by atoms with Crippen LogP contribution in [0.25, 0.3) is 0 Å². The molecule has 2 saturated carbocycles. The van der Waals surface area contributed by atoms with Crippen LogP contribution in [0, 0.1) is 30.1 Å². The van der Waals surface area contributed by atoms with E-state index in [1.165, 1.54) is 35.5 Å². The molecule has 0 radical (unpaired) electrons. The number of fused-ring (bicyclic) bond motifs is 5. The maximum Gasteiger partial charge on any atom is 0.226 e. The van der Waals surface area contributed by atoms with Gasteiger partial charge in [0.1, 0.15) is 7.11 Å². The van der Waals surface area contributed by atoms with Crippen LogP contribution in [0.3, 0.4) is 0 Å². The van der Waals surface area contributed by atoms with Crippen molar-refractivity contribution in [2.24, 2.45) is 28.3 Å². The zero-order valence-electron chi connectivity index (χ0n) is 19.3. The Labute approximate surface area is 194 Å². The summed E-state index contributed by atoms with van der Waals surface area (Å²) in [5.41, 5.74) is 4.40. The van der Waals surface area contributed by atoms with Crippen LogP contribution in [0.4, 0.5) is 5.13 Å². The number of aromatic nitrogens is 1. The Bertz CT molecular complexity index is 1030. The van der Waals surface area contributed by atoms with Gasteiger partial charge in [0, 0.05) is 22.9 Å². The highest BCUT2D eigenvalue weighted by Gasteiger charge is 2.57. The Morgan fingerprint density at radius 2 is 2.19 bits per heavy atom. The summed E-state index contributed by atoms with van der Waals surface area (Å²) in [5, 5.41) is 8.21. The summed E-state index contributed by atoms with van der Waals surface area (Å²) in [6.07, 6.45) is 8.95. The van der Waals surface area contributed by atoms with Crippen molar-refractivity contribution >= 4 is 28.1 Å². The van der Waals surface area contributed by atoms with Crippen LogP contribution in [0.5, 0.6) is 0 Å². The minimum atomic E-state index is 0.0690. The van der Waals surface area contributed by atoms with Crippen LogP contribution < -0.4 is 5.32 Å². The number of carbonyl (C=O) groups is 1. The fraction of sp³-hybridized carbons (Fsp3) is 0.577. The van der Waals surface area contributed by atoms with Gasteiger partial charge in [-0.25, -0.2) is 4.98 Å². The molecule has 0 bridgehead atoms. The molecule has 5 rings (SSSR count). The van der Waals surface area contributed by atoms with Gasteiger partial charge < -0.3 is 10.2 Å². The Morgan fingerprint density at radius 3 is 2.97 bits per heavy atom. The van der Waals surface area contributed by atoms with Crippen LogP contribution in [0.2, 0.25) is 0 Å². The molecule has 0 spiro atoms. The second kappa shape index (κ2) is 8.62. The molecule has 1 aromatic carbocycles. The molecule has 0 aliphatic heterocycles. The number of rotatable bonds is 5. The molecule has 1 amide bonds. The van der Waals surface area contributed by atoms with Crippen molar-refractivity contribution in [2.75, 3.05) is 12.4 Å². The first-order chi connectivity index (χ1) is 15.5. The zero-order valence-corrected chi connectivity index (χ0v) is 20.1. The van der Waals surface area contributed by atoms with Crippen LogP contribution >= 0.6 is 11.3 Å². The van der Waals surface area contributed by atoms with Crippen molar-refractivity contribution in [3.8, 4) is 0 Å². The average Bonchev–Trinajstić information content (AvgIpc) is 3.32. The third kappa shape index (κ3) is 3.76. The monoisotopic (exact) mass is 451 g/mol. The highest BCUT2D eigenvalue weighted by Crippen LogP contribution is 2.62. The lowest BCUT2D eigenvalue weighted by atomic mass is 9.54. The summed E-state index contributed by atoms with van der Waals surface area (Å²) in [6.45, 7) is 4.41. The number of amides is 1. The fourth-order valence-electron chi connectivity index (χ4n) is 7.03. The SMILES string of the molecule is CO/N=C1\C[C@@H](CCC(=O)Nc2ncc(C)s2)[C@H]2[C@@H]3CCc4ccccc4[C@H]3CC[C@]12C. The molecule has 2 aromatic rings. The summed E-state index contributed by atoms with van der Waals surface area (Å²) >= 11 is 1.53. The number of oxime groups is 1. The van der Waals surface area contributed by atoms with Gasteiger partial charge in [-0.1, -0.05) is 36.3 Å². The Kier molecular flexibility index (Phi) is 5.82. The Balaban J connectivity index is 1.37. The van der Waals surface area contributed by atoms with E-state index < -0.39 is 0 Å². The van der Waals surface area contributed by atoms with E-state index in [1.54, 1.807) is 18.9 Å². The van der Waals surface area contributed by atoms with Gasteiger partial charge >= 0.3 is 0 Å². The van der Waals surface area contributed by atoms with Gasteiger partial charge in [-0.05, 0) is 80.2 Å². The van der Waals surface area contributed by atoms with Crippen molar-refractivity contribution in [2.45, 2.75) is 64.7 Å². The topological polar surface area (TPSA) is 63.6 Å². The number of carbonyl (C=O) groups excluding carboxylic acids is 1. The quantitative estimate of drug-likeness (QED) is 0.571. The van der Waals surface area contributed by atoms with Crippen molar-refractivity contribution in [3.05, 3.63) is 46.5 Å². The molecule has 1 N–H and O–H groups in total. The van der Waals surface area contributed by atoms with Crippen molar-refractivity contribution in [1.82, 2.24) is 4.98 Å². The molecule has 3 aliphatic carbocycles. The van der Waals surface area contributed by atoms with E-state index in [0.717, 1.165) is 30.6 Å². The summed E-state index contributed by atoms with van der Waals surface area (Å²) in [6, 6.07) is 9.04. The standard InChI is InChI=1S/C26H33N3O2S/c1-16-15-27-25(32-16)28-23(30)11-9-18-14-22(29-31-3)26(2)13-12-20-19-7-5-4-6-17(19)8-10-21(20)24(18)26/h4-7,15,18,20-21,24H,8-14H2,1-3H3,(H,27,28,30)/b29-22+/t18-,20-,21-,24+,26-/m1/s1. The number of aryl methyl sites for hydroxylation is 2. The normalized spacial score (nSPS) is 32.2. The van der Waals surface area contributed by atoms with Crippen molar-refractivity contribution in [3.63, 3.8) is 0 Å². The van der Waals surface area contributed by atoms with Crippen LogP contribution in [0.15, 0.2) is 35.6 Å². The first kappa shape index (κ1) is 21.6. The molecule has 170 valence electrons. The van der Waals surface area contributed by atoms with E-state index in [2.05, 4.69) is 46.6 Å². The number of nitrogens with zero attached hydrogens (tertiary/aromatic N) is 2. The van der Waals surface area contributed by atoms with E-state index in [1.807, 2.05) is 6.92 Å². The summed E-state index contributed by atoms with van der Waals surface area (Å²) in [7, 11) is 1.66. The number of hydrogen-bond donors (Lipinski definition) is 1. The van der Waals surface area contributed by atoms with Gasteiger partial charge in [-0.2, -0.15) is 0 Å². The molecule has 0 unspecified atom stereocenters. The zero-order chi connectivity index (χ0) is 22.3.